The van der Waals surface area contributed by atoms with Gasteiger partial charge in [-0.25, -0.2) is 4.98 Å². The maximum Gasteiger partial charge on any atom is 0.179 e. The van der Waals surface area contributed by atoms with Crippen molar-refractivity contribution in [1.82, 2.24) is 9.97 Å². The predicted molar refractivity (Wildman–Crippen MR) is 150 cm³/mol. The third-order valence-electron chi connectivity index (χ3n) is 4.90. The van der Waals surface area contributed by atoms with E-state index in [-0.39, 0.29) is 5.75 Å². The molecule has 3 aromatic rings. The van der Waals surface area contributed by atoms with Crippen LogP contribution in [0.25, 0.3) is 22.4 Å². The van der Waals surface area contributed by atoms with Crippen LogP contribution >= 0.6 is 0 Å². The van der Waals surface area contributed by atoms with E-state index < -0.39 is 25.7 Å². The molecule has 6 nitrogen and oxygen atoms in total. The molecular weight excluding hydrogens is 477 g/mol. The largest absolute Gasteiger partial charge is 0.507 e. The lowest BCUT2D eigenvalue weighted by Gasteiger charge is -2.25. The van der Waals surface area contributed by atoms with E-state index in [1.165, 1.54) is 0 Å². The Morgan fingerprint density at radius 3 is 2.26 bits per heavy atom. The van der Waals surface area contributed by atoms with Crippen LogP contribution in [0.1, 0.15) is 12.5 Å². The van der Waals surface area contributed by atoms with Gasteiger partial charge < -0.3 is 23.7 Å². The van der Waals surface area contributed by atoms with Gasteiger partial charge in [0.1, 0.15) is 17.3 Å². The Labute approximate surface area is 208 Å². The molecule has 0 aliphatic rings. The van der Waals surface area contributed by atoms with Gasteiger partial charge in [0.15, 0.2) is 25.7 Å². The van der Waals surface area contributed by atoms with Crippen LogP contribution in [0.4, 0.5) is 0 Å². The summed E-state index contributed by atoms with van der Waals surface area (Å²) in [7, 11) is -2.68. The average molecular weight is 519 g/mol. The molecule has 0 radical (unpaired) electrons. The van der Waals surface area contributed by atoms with Crippen LogP contribution in [0.15, 0.2) is 36.4 Å². The van der Waals surface area contributed by atoms with Gasteiger partial charge in [0, 0.05) is 0 Å². The molecule has 3 rings (SSSR count). The van der Waals surface area contributed by atoms with Gasteiger partial charge in [-0.15, -0.1) is 0 Å². The monoisotopic (exact) mass is 518 g/mol. The molecule has 3 N–H and O–H groups in total. The first kappa shape index (κ1) is 28.3. The Bertz CT molecular complexity index is 1040. The highest BCUT2D eigenvalue weighted by molar-refractivity contribution is 6.77. The van der Waals surface area contributed by atoms with Crippen molar-refractivity contribution in [3.8, 4) is 22.9 Å². The molecule has 2 aromatic carbocycles. The number of aromatic hydroxyl groups is 1. The number of hydrogen-bond acceptors (Lipinski definition) is 5. The van der Waals surface area contributed by atoms with Gasteiger partial charge in [-0.1, -0.05) is 19.1 Å². The molecule has 2 atom stereocenters. The second kappa shape index (κ2) is 11.7. The van der Waals surface area contributed by atoms with E-state index in [2.05, 4.69) is 43.1 Å². The number of phenolic OH excluding ortho intramolecular Hbond substituents is 1. The lowest BCUT2D eigenvalue weighted by molar-refractivity contribution is 0.410. The molecular formula is C25H42N2O4Si3. The van der Waals surface area contributed by atoms with Gasteiger partial charge in [-0.3, -0.25) is 0 Å². The highest BCUT2D eigenvalue weighted by atomic mass is 28.4. The van der Waals surface area contributed by atoms with Gasteiger partial charge in [0.05, 0.1) is 23.7 Å². The SMILES string of the molecule is COc1cc(CC(C)C[SiH](C)O[Si](C)(C)C)c(O)c(-c2nc3ccccc3[nH]2)c1.C[Si](C)(C)O. The Hall–Kier alpha value is -1.92. The summed E-state index contributed by atoms with van der Waals surface area (Å²) in [6.07, 6.45) is 0.780. The molecule has 0 spiro atoms. The first-order chi connectivity index (χ1) is 15.7. The first-order valence-corrected chi connectivity index (χ1v) is 21.2. The maximum atomic E-state index is 11.0. The zero-order valence-corrected chi connectivity index (χ0v) is 25.3. The van der Waals surface area contributed by atoms with Crippen molar-refractivity contribution in [3.63, 3.8) is 0 Å². The highest BCUT2D eigenvalue weighted by Crippen LogP contribution is 2.37. The zero-order chi connectivity index (χ0) is 25.7. The van der Waals surface area contributed by atoms with E-state index in [4.69, 9.17) is 13.6 Å². The van der Waals surface area contributed by atoms with Crippen molar-refractivity contribution in [2.75, 3.05) is 7.11 Å². The number of methoxy groups -OCH3 is 1. The quantitative estimate of drug-likeness (QED) is 0.312. The molecule has 1 heterocycles. The summed E-state index contributed by atoms with van der Waals surface area (Å²) in [5, 5.41) is 11.0. The summed E-state index contributed by atoms with van der Waals surface area (Å²) in [5.74, 6) is 2.08. The number of benzene rings is 2. The molecule has 1 aromatic heterocycles. The molecule has 0 aliphatic carbocycles. The molecule has 0 aliphatic heterocycles. The molecule has 9 heteroatoms. The number of imidazole rings is 1. The number of phenols is 1. The fraction of sp³-hybridized carbons (Fsp3) is 0.480. The van der Waals surface area contributed by atoms with Crippen molar-refractivity contribution in [3.05, 3.63) is 42.0 Å². The Balaban J connectivity index is 0.000000739. The zero-order valence-electron chi connectivity index (χ0n) is 22.2. The summed E-state index contributed by atoms with van der Waals surface area (Å²) >= 11 is 0. The van der Waals surface area contributed by atoms with Crippen LogP contribution in [0.2, 0.25) is 51.9 Å². The van der Waals surface area contributed by atoms with Crippen molar-refractivity contribution in [2.45, 2.75) is 65.2 Å². The minimum atomic E-state index is -1.61. The van der Waals surface area contributed by atoms with E-state index >= 15 is 0 Å². The fourth-order valence-electron chi connectivity index (χ4n) is 3.88. The first-order valence-electron chi connectivity index (χ1n) is 11.9. The number of para-hydroxylation sites is 2. The van der Waals surface area contributed by atoms with Crippen LogP contribution < -0.4 is 4.74 Å². The van der Waals surface area contributed by atoms with E-state index in [1.807, 2.05) is 56.0 Å². The maximum absolute atomic E-state index is 11.0. The molecule has 0 fully saturated rings. The molecule has 188 valence electrons. The lowest BCUT2D eigenvalue weighted by Crippen LogP contribution is -2.34. The van der Waals surface area contributed by atoms with Crippen molar-refractivity contribution >= 4 is 36.7 Å². The average Bonchev–Trinajstić information content (AvgIpc) is 3.10. The minimum Gasteiger partial charge on any atom is -0.507 e. The molecule has 0 saturated carbocycles. The number of rotatable bonds is 8. The number of fused-ring (bicyclic) bond motifs is 1. The Morgan fingerprint density at radius 1 is 1.09 bits per heavy atom. The molecule has 0 saturated heterocycles. The van der Waals surface area contributed by atoms with Gasteiger partial charge in [-0.05, 0) is 94.0 Å². The molecule has 0 bridgehead atoms. The highest BCUT2D eigenvalue weighted by Gasteiger charge is 2.22. The van der Waals surface area contributed by atoms with E-state index in [1.54, 1.807) is 7.11 Å². The molecule has 34 heavy (non-hydrogen) atoms. The Morgan fingerprint density at radius 2 is 1.71 bits per heavy atom. The van der Waals surface area contributed by atoms with Gasteiger partial charge >= 0.3 is 0 Å². The van der Waals surface area contributed by atoms with Gasteiger partial charge in [0.25, 0.3) is 0 Å². The molecule has 0 amide bonds. The number of aromatic amines is 1. The standard InChI is InChI=1S/C22H32N2O3Si2.C3H10OSi/c1-15(14-28(3)27-29(4,5)6)11-16-12-17(26-2)13-18(21(16)25)22-23-19-9-7-8-10-20(19)24-22;1-5(2,3)4/h7-10,12-13,15,25,28H,11,14H2,1-6H3,(H,23,24);4H,1-3H3. The Kier molecular flexibility index (Phi) is 9.72. The second-order valence-corrected chi connectivity index (χ2v) is 22.6. The van der Waals surface area contributed by atoms with Crippen LogP contribution in [-0.4, -0.2) is 52.7 Å². The van der Waals surface area contributed by atoms with Crippen LogP contribution in [-0.2, 0) is 10.5 Å². The van der Waals surface area contributed by atoms with Crippen LogP contribution in [0.5, 0.6) is 11.5 Å². The summed E-state index contributed by atoms with van der Waals surface area (Å²) in [4.78, 5) is 16.6. The number of nitrogens with one attached hydrogen (secondary N) is 1. The van der Waals surface area contributed by atoms with E-state index in [9.17, 15) is 5.11 Å². The van der Waals surface area contributed by atoms with Crippen LogP contribution in [0, 0.1) is 5.92 Å². The fourth-order valence-corrected chi connectivity index (χ4v) is 10.4. The number of ether oxygens (including phenoxy) is 1. The van der Waals surface area contributed by atoms with E-state index in [0.717, 1.165) is 34.8 Å². The predicted octanol–water partition coefficient (Wildman–Crippen LogP) is 6.14. The lowest BCUT2D eigenvalue weighted by atomic mass is 9.98. The second-order valence-electron chi connectivity index (χ2n) is 11.0. The molecule has 2 unspecified atom stereocenters. The third-order valence-corrected chi connectivity index (χ3v) is 10.8. The van der Waals surface area contributed by atoms with E-state index in [0.29, 0.717) is 17.3 Å². The normalized spacial score (nSPS) is 13.8. The van der Waals surface area contributed by atoms with Gasteiger partial charge in [-0.2, -0.15) is 0 Å². The van der Waals surface area contributed by atoms with Gasteiger partial charge in [0.2, 0.25) is 0 Å². The summed E-state index contributed by atoms with van der Waals surface area (Å²) < 4.78 is 11.8. The number of hydrogen-bond donors (Lipinski definition) is 3. The van der Waals surface area contributed by atoms with Crippen LogP contribution in [0.3, 0.4) is 0 Å². The third kappa shape index (κ3) is 9.38. The van der Waals surface area contributed by atoms with Crippen molar-refractivity contribution in [1.29, 1.82) is 0 Å². The number of H-pyrrole nitrogens is 1. The minimum absolute atomic E-state index is 0.275. The number of nitrogens with zero attached hydrogens (tertiary/aromatic N) is 1. The summed E-state index contributed by atoms with van der Waals surface area (Å²) in [5.41, 5.74) is 3.39. The topological polar surface area (TPSA) is 87.6 Å². The van der Waals surface area contributed by atoms with Crippen molar-refractivity contribution in [2.24, 2.45) is 5.92 Å². The smallest absolute Gasteiger partial charge is 0.179 e. The van der Waals surface area contributed by atoms with Crippen molar-refractivity contribution < 1.29 is 18.8 Å². The summed E-state index contributed by atoms with van der Waals surface area (Å²) in [6, 6.07) is 12.7. The number of aromatic nitrogens is 2. The summed E-state index contributed by atoms with van der Waals surface area (Å²) in [6.45, 7) is 16.9.